The number of carboxylic acid groups (broad SMARTS) is 1. The molecule has 1 aromatic rings. The Hall–Kier alpha value is -1.36. The SMILES string of the molecule is C[C@]1(C(=O)O)CCN(C(=O)Cc2ccccc2Br)C1. The molecule has 19 heavy (non-hydrogen) atoms. The fourth-order valence-corrected chi connectivity index (χ4v) is 2.69. The highest BCUT2D eigenvalue weighted by molar-refractivity contribution is 9.10. The Morgan fingerprint density at radius 2 is 2.11 bits per heavy atom. The van der Waals surface area contributed by atoms with Crippen LogP contribution < -0.4 is 0 Å². The number of hydrogen-bond acceptors (Lipinski definition) is 2. The Kier molecular flexibility index (Phi) is 3.94. The average molecular weight is 326 g/mol. The summed E-state index contributed by atoms with van der Waals surface area (Å²) in [5.74, 6) is -0.847. The number of halogens is 1. The van der Waals surface area contributed by atoms with Crippen LogP contribution in [-0.2, 0) is 16.0 Å². The molecule has 1 aromatic carbocycles. The zero-order valence-corrected chi connectivity index (χ0v) is 12.3. The van der Waals surface area contributed by atoms with Crippen molar-refractivity contribution < 1.29 is 14.7 Å². The lowest BCUT2D eigenvalue weighted by atomic mass is 9.90. The summed E-state index contributed by atoms with van der Waals surface area (Å²) in [7, 11) is 0. The summed E-state index contributed by atoms with van der Waals surface area (Å²) in [6.07, 6.45) is 0.821. The van der Waals surface area contributed by atoms with Gasteiger partial charge in [-0.3, -0.25) is 9.59 Å². The first-order valence-corrected chi connectivity index (χ1v) is 6.96. The predicted octanol–water partition coefficient (Wildman–Crippen LogP) is 2.31. The lowest BCUT2D eigenvalue weighted by Crippen LogP contribution is -2.35. The van der Waals surface area contributed by atoms with Crippen molar-refractivity contribution in [2.75, 3.05) is 13.1 Å². The molecule has 1 heterocycles. The van der Waals surface area contributed by atoms with Crippen molar-refractivity contribution in [1.82, 2.24) is 4.90 Å². The number of hydrogen-bond donors (Lipinski definition) is 1. The van der Waals surface area contributed by atoms with Gasteiger partial charge in [0.25, 0.3) is 0 Å². The second-order valence-corrected chi connectivity index (χ2v) is 6.05. The topological polar surface area (TPSA) is 57.6 Å². The molecule has 0 saturated carbocycles. The molecule has 0 aromatic heterocycles. The van der Waals surface area contributed by atoms with E-state index in [1.165, 1.54) is 0 Å². The van der Waals surface area contributed by atoms with E-state index in [0.29, 0.717) is 25.9 Å². The quantitative estimate of drug-likeness (QED) is 0.927. The third kappa shape index (κ3) is 2.97. The van der Waals surface area contributed by atoms with Crippen molar-refractivity contribution in [1.29, 1.82) is 0 Å². The monoisotopic (exact) mass is 325 g/mol. The minimum absolute atomic E-state index is 0.0168. The fraction of sp³-hybridized carbons (Fsp3) is 0.429. The third-order valence-corrected chi connectivity index (χ3v) is 4.42. The van der Waals surface area contributed by atoms with Gasteiger partial charge in [-0.15, -0.1) is 0 Å². The molecule has 102 valence electrons. The molecule has 0 unspecified atom stereocenters. The van der Waals surface area contributed by atoms with Crippen LogP contribution in [0.15, 0.2) is 28.7 Å². The average Bonchev–Trinajstić information content (AvgIpc) is 2.76. The van der Waals surface area contributed by atoms with Gasteiger partial charge in [-0.25, -0.2) is 0 Å². The van der Waals surface area contributed by atoms with Crippen molar-refractivity contribution in [3.05, 3.63) is 34.3 Å². The molecular formula is C14H16BrNO3. The van der Waals surface area contributed by atoms with Gasteiger partial charge in [0, 0.05) is 17.6 Å². The number of carbonyl (C=O) groups excluding carboxylic acids is 1. The van der Waals surface area contributed by atoms with Crippen LogP contribution in [0.25, 0.3) is 0 Å². The Morgan fingerprint density at radius 1 is 1.42 bits per heavy atom. The summed E-state index contributed by atoms with van der Waals surface area (Å²) >= 11 is 3.41. The molecule has 1 saturated heterocycles. The maximum atomic E-state index is 12.2. The summed E-state index contributed by atoms with van der Waals surface area (Å²) in [5.41, 5.74) is 0.125. The highest BCUT2D eigenvalue weighted by Crippen LogP contribution is 2.30. The molecule has 5 heteroatoms. The van der Waals surface area contributed by atoms with Gasteiger partial charge in [0.1, 0.15) is 0 Å². The summed E-state index contributed by atoms with van der Waals surface area (Å²) < 4.78 is 0.906. The minimum atomic E-state index is -0.830. The molecule has 2 rings (SSSR count). The Balaban J connectivity index is 2.03. The van der Waals surface area contributed by atoms with Crippen molar-refractivity contribution >= 4 is 27.8 Å². The number of amides is 1. The van der Waals surface area contributed by atoms with Gasteiger partial charge in [0.15, 0.2) is 0 Å². The summed E-state index contributed by atoms with van der Waals surface area (Å²) in [4.78, 5) is 25.0. The lowest BCUT2D eigenvalue weighted by molar-refractivity contribution is -0.147. The summed E-state index contributed by atoms with van der Waals surface area (Å²) in [5, 5.41) is 9.16. The molecular weight excluding hydrogens is 310 g/mol. The fourth-order valence-electron chi connectivity index (χ4n) is 2.27. The van der Waals surface area contributed by atoms with Gasteiger partial charge >= 0.3 is 5.97 Å². The molecule has 0 aliphatic carbocycles. The van der Waals surface area contributed by atoms with Crippen LogP contribution in [0.1, 0.15) is 18.9 Å². The van der Waals surface area contributed by atoms with Gasteiger partial charge in [-0.1, -0.05) is 34.1 Å². The summed E-state index contributed by atoms with van der Waals surface area (Å²) in [6, 6.07) is 7.58. The number of benzene rings is 1. The van der Waals surface area contributed by atoms with E-state index in [-0.39, 0.29) is 5.91 Å². The minimum Gasteiger partial charge on any atom is -0.481 e. The van der Waals surface area contributed by atoms with E-state index in [9.17, 15) is 9.59 Å². The van der Waals surface area contributed by atoms with Crippen LogP contribution in [0.4, 0.5) is 0 Å². The van der Waals surface area contributed by atoms with Crippen LogP contribution in [0.5, 0.6) is 0 Å². The van der Waals surface area contributed by atoms with Gasteiger partial charge in [0.2, 0.25) is 5.91 Å². The van der Waals surface area contributed by atoms with Crippen LogP contribution >= 0.6 is 15.9 Å². The molecule has 4 nitrogen and oxygen atoms in total. The number of likely N-dealkylation sites (tertiary alicyclic amines) is 1. The standard InChI is InChI=1S/C14H16BrNO3/c1-14(13(18)19)6-7-16(9-14)12(17)8-10-4-2-3-5-11(10)15/h2-5H,6-9H2,1H3,(H,18,19)/t14-/m0/s1. The molecule has 1 fully saturated rings. The van der Waals surface area contributed by atoms with Gasteiger partial charge in [-0.05, 0) is 25.0 Å². The number of carboxylic acids is 1. The lowest BCUT2D eigenvalue weighted by Gasteiger charge is -2.20. The summed E-state index contributed by atoms with van der Waals surface area (Å²) in [6.45, 7) is 2.51. The van der Waals surface area contributed by atoms with E-state index in [1.807, 2.05) is 24.3 Å². The second-order valence-electron chi connectivity index (χ2n) is 5.20. The van der Waals surface area contributed by atoms with Gasteiger partial charge in [0.05, 0.1) is 11.8 Å². The number of rotatable bonds is 3. The Labute approximate surface area is 120 Å². The Morgan fingerprint density at radius 3 is 2.68 bits per heavy atom. The van der Waals surface area contributed by atoms with E-state index in [0.717, 1.165) is 10.0 Å². The highest BCUT2D eigenvalue weighted by Gasteiger charge is 2.41. The van der Waals surface area contributed by atoms with Crippen LogP contribution in [0.2, 0.25) is 0 Å². The first-order valence-electron chi connectivity index (χ1n) is 6.17. The van der Waals surface area contributed by atoms with Gasteiger partial charge < -0.3 is 10.0 Å². The van der Waals surface area contributed by atoms with E-state index in [1.54, 1.807) is 11.8 Å². The van der Waals surface area contributed by atoms with Crippen molar-refractivity contribution in [3.8, 4) is 0 Å². The number of carbonyl (C=O) groups is 2. The number of nitrogens with zero attached hydrogens (tertiary/aromatic N) is 1. The smallest absolute Gasteiger partial charge is 0.311 e. The maximum Gasteiger partial charge on any atom is 0.311 e. The van der Waals surface area contributed by atoms with Gasteiger partial charge in [-0.2, -0.15) is 0 Å². The molecule has 1 atom stereocenters. The van der Waals surface area contributed by atoms with E-state index < -0.39 is 11.4 Å². The van der Waals surface area contributed by atoms with E-state index >= 15 is 0 Å². The zero-order valence-electron chi connectivity index (χ0n) is 10.7. The van der Waals surface area contributed by atoms with Crippen LogP contribution in [0.3, 0.4) is 0 Å². The number of aliphatic carboxylic acids is 1. The third-order valence-electron chi connectivity index (χ3n) is 3.64. The normalized spacial score (nSPS) is 22.5. The molecule has 1 aliphatic heterocycles. The van der Waals surface area contributed by atoms with Crippen LogP contribution in [0, 0.1) is 5.41 Å². The molecule has 1 amide bonds. The van der Waals surface area contributed by atoms with E-state index in [2.05, 4.69) is 15.9 Å². The molecule has 1 N–H and O–H groups in total. The molecule has 0 bridgehead atoms. The molecule has 0 spiro atoms. The van der Waals surface area contributed by atoms with Crippen molar-refractivity contribution in [2.24, 2.45) is 5.41 Å². The van der Waals surface area contributed by atoms with E-state index in [4.69, 9.17) is 5.11 Å². The highest BCUT2D eigenvalue weighted by atomic mass is 79.9. The molecule has 1 aliphatic rings. The van der Waals surface area contributed by atoms with Crippen LogP contribution in [-0.4, -0.2) is 35.0 Å². The predicted molar refractivity (Wildman–Crippen MR) is 74.8 cm³/mol. The maximum absolute atomic E-state index is 12.2. The van der Waals surface area contributed by atoms with Crippen molar-refractivity contribution in [3.63, 3.8) is 0 Å². The first kappa shape index (κ1) is 14.1. The zero-order chi connectivity index (χ0) is 14.0. The second kappa shape index (κ2) is 5.33. The molecule has 0 radical (unpaired) electrons. The van der Waals surface area contributed by atoms with Crippen molar-refractivity contribution in [2.45, 2.75) is 19.8 Å². The Bertz CT molecular complexity index is 517. The largest absolute Gasteiger partial charge is 0.481 e. The first-order chi connectivity index (χ1) is 8.92.